The maximum atomic E-state index is 13.3. The van der Waals surface area contributed by atoms with Crippen LogP contribution in [0.1, 0.15) is 12.5 Å². The van der Waals surface area contributed by atoms with Crippen molar-refractivity contribution in [1.29, 1.82) is 0 Å². The third kappa shape index (κ3) is 6.32. The van der Waals surface area contributed by atoms with E-state index in [1.54, 1.807) is 19.1 Å². The number of aromatic hydroxyl groups is 1. The van der Waals surface area contributed by atoms with E-state index in [0.29, 0.717) is 12.2 Å². The number of carbonyl (C=O) groups is 1. The third-order valence-corrected chi connectivity index (χ3v) is 6.42. The van der Waals surface area contributed by atoms with E-state index in [1.165, 1.54) is 60.8 Å². The number of sulfonamides is 1. The van der Waals surface area contributed by atoms with Crippen LogP contribution in [-0.2, 0) is 14.8 Å². The highest BCUT2D eigenvalue weighted by Gasteiger charge is 2.28. The van der Waals surface area contributed by atoms with Crippen LogP contribution in [0.5, 0.6) is 11.5 Å². The summed E-state index contributed by atoms with van der Waals surface area (Å²) in [6, 6.07) is 16.8. The summed E-state index contributed by atoms with van der Waals surface area (Å²) in [7, 11) is -4.23. The molecule has 35 heavy (non-hydrogen) atoms. The number of nitro benzene ring substituents is 1. The van der Waals surface area contributed by atoms with Gasteiger partial charge in [-0.05, 0) is 48.9 Å². The molecule has 3 aromatic rings. The fourth-order valence-electron chi connectivity index (χ4n) is 3.02. The number of carbonyl (C=O) groups excluding carboxylic acids is 1. The lowest BCUT2D eigenvalue weighted by molar-refractivity contribution is -0.384. The molecule has 0 spiro atoms. The first-order valence-corrected chi connectivity index (χ1v) is 11.8. The molecule has 11 nitrogen and oxygen atoms in total. The van der Waals surface area contributed by atoms with Crippen molar-refractivity contribution >= 4 is 33.5 Å². The molecule has 0 aromatic heterocycles. The van der Waals surface area contributed by atoms with E-state index in [2.05, 4.69) is 10.5 Å². The molecule has 0 bridgehead atoms. The Morgan fingerprint density at radius 1 is 1.14 bits per heavy atom. The van der Waals surface area contributed by atoms with Gasteiger partial charge in [-0.1, -0.05) is 24.3 Å². The van der Waals surface area contributed by atoms with E-state index in [1.807, 2.05) is 0 Å². The first-order valence-electron chi connectivity index (χ1n) is 10.3. The highest BCUT2D eigenvalue weighted by atomic mass is 32.2. The number of hydrazone groups is 1. The van der Waals surface area contributed by atoms with Gasteiger partial charge in [-0.3, -0.25) is 19.2 Å². The second-order valence-corrected chi connectivity index (χ2v) is 8.92. The summed E-state index contributed by atoms with van der Waals surface area (Å²) in [5.74, 6) is -0.587. The molecule has 12 heteroatoms. The van der Waals surface area contributed by atoms with Gasteiger partial charge in [0.1, 0.15) is 6.54 Å². The number of non-ortho nitro benzene ring substituents is 1. The van der Waals surface area contributed by atoms with Crippen molar-refractivity contribution in [3.8, 4) is 11.5 Å². The summed E-state index contributed by atoms with van der Waals surface area (Å²) in [6.45, 7) is 1.42. The number of hydrogen-bond donors (Lipinski definition) is 2. The summed E-state index contributed by atoms with van der Waals surface area (Å²) in [4.78, 5) is 23.1. The fraction of sp³-hybridized carbons (Fsp3) is 0.130. The molecule has 0 aliphatic rings. The molecule has 0 heterocycles. The smallest absolute Gasteiger partial charge is 0.271 e. The monoisotopic (exact) mass is 498 g/mol. The standard InChI is InChI=1S/C23H22N4O7S/c1-2-34-22-13-17(11-12-21(22)28)15-24-25-23(29)16-26(18-7-6-8-19(14-18)27(30)31)35(32,33)20-9-4-3-5-10-20/h3-15,28H,2,16H2,1H3,(H,25,29)/b24-15-. The van der Waals surface area contributed by atoms with Crippen molar-refractivity contribution in [2.45, 2.75) is 11.8 Å². The van der Waals surface area contributed by atoms with Gasteiger partial charge in [0.15, 0.2) is 11.5 Å². The van der Waals surface area contributed by atoms with Crippen molar-refractivity contribution in [2.24, 2.45) is 5.10 Å². The minimum absolute atomic E-state index is 0.0493. The Kier molecular flexibility index (Phi) is 8.00. The Bertz CT molecular complexity index is 1340. The van der Waals surface area contributed by atoms with Gasteiger partial charge in [-0.25, -0.2) is 13.8 Å². The SMILES string of the molecule is CCOc1cc(/C=N\NC(=O)CN(c2cccc([N+](=O)[O-])c2)S(=O)(=O)c2ccccc2)ccc1O. The zero-order chi connectivity index (χ0) is 25.4. The Morgan fingerprint density at radius 3 is 2.57 bits per heavy atom. The maximum Gasteiger partial charge on any atom is 0.271 e. The number of nitrogens with one attached hydrogen (secondary N) is 1. The van der Waals surface area contributed by atoms with Gasteiger partial charge in [0.25, 0.3) is 21.6 Å². The van der Waals surface area contributed by atoms with Crippen LogP contribution in [0.15, 0.2) is 82.8 Å². The topological polar surface area (TPSA) is 151 Å². The highest BCUT2D eigenvalue weighted by Crippen LogP contribution is 2.27. The predicted octanol–water partition coefficient (Wildman–Crippen LogP) is 3.04. The van der Waals surface area contributed by atoms with E-state index in [0.717, 1.165) is 10.4 Å². The number of anilines is 1. The number of amides is 1. The summed E-state index contributed by atoms with van der Waals surface area (Å²) in [5.41, 5.74) is 2.38. The van der Waals surface area contributed by atoms with Crippen molar-refractivity contribution in [3.05, 3.63) is 88.5 Å². The molecule has 0 aliphatic heterocycles. The molecule has 0 fully saturated rings. The largest absolute Gasteiger partial charge is 0.504 e. The molecule has 0 radical (unpaired) electrons. The van der Waals surface area contributed by atoms with Crippen molar-refractivity contribution in [1.82, 2.24) is 5.43 Å². The molecule has 0 saturated carbocycles. The predicted molar refractivity (Wildman–Crippen MR) is 129 cm³/mol. The number of nitro groups is 1. The lowest BCUT2D eigenvalue weighted by Crippen LogP contribution is -2.39. The first kappa shape index (κ1) is 25.2. The Morgan fingerprint density at radius 2 is 1.89 bits per heavy atom. The number of ether oxygens (including phenoxy) is 1. The van der Waals surface area contributed by atoms with Gasteiger partial charge < -0.3 is 9.84 Å². The van der Waals surface area contributed by atoms with Gasteiger partial charge in [0, 0.05) is 12.1 Å². The Balaban J connectivity index is 1.84. The molecule has 0 atom stereocenters. The van der Waals surface area contributed by atoms with Crippen LogP contribution in [0.3, 0.4) is 0 Å². The molecule has 182 valence electrons. The van der Waals surface area contributed by atoms with Gasteiger partial charge >= 0.3 is 0 Å². The summed E-state index contributed by atoms with van der Waals surface area (Å²) >= 11 is 0. The Hall–Kier alpha value is -4.45. The van der Waals surface area contributed by atoms with Crippen LogP contribution >= 0.6 is 0 Å². The molecule has 0 saturated heterocycles. The van der Waals surface area contributed by atoms with Crippen molar-refractivity contribution in [3.63, 3.8) is 0 Å². The molecule has 3 aromatic carbocycles. The molecule has 0 unspecified atom stereocenters. The van der Waals surface area contributed by atoms with Gasteiger partial charge in [0.05, 0.1) is 28.3 Å². The second-order valence-electron chi connectivity index (χ2n) is 7.06. The van der Waals surface area contributed by atoms with E-state index < -0.39 is 27.4 Å². The number of hydrogen-bond acceptors (Lipinski definition) is 8. The lowest BCUT2D eigenvalue weighted by atomic mass is 10.2. The molecule has 2 N–H and O–H groups in total. The number of phenols is 1. The molecular weight excluding hydrogens is 476 g/mol. The third-order valence-electron chi connectivity index (χ3n) is 4.63. The van der Waals surface area contributed by atoms with Gasteiger partial charge in [0.2, 0.25) is 0 Å². The van der Waals surface area contributed by atoms with Crippen molar-refractivity contribution < 1.29 is 28.0 Å². The number of rotatable bonds is 10. The molecule has 1 amide bonds. The highest BCUT2D eigenvalue weighted by molar-refractivity contribution is 7.92. The van der Waals surface area contributed by atoms with Crippen LogP contribution in [0.25, 0.3) is 0 Å². The zero-order valence-electron chi connectivity index (χ0n) is 18.6. The first-order chi connectivity index (χ1) is 16.7. The lowest BCUT2D eigenvalue weighted by Gasteiger charge is -2.23. The van der Waals surface area contributed by atoms with Crippen LogP contribution in [0.4, 0.5) is 11.4 Å². The van der Waals surface area contributed by atoms with E-state index in [4.69, 9.17) is 4.74 Å². The quantitative estimate of drug-likeness (QED) is 0.248. The van der Waals surface area contributed by atoms with Crippen molar-refractivity contribution in [2.75, 3.05) is 17.5 Å². The van der Waals surface area contributed by atoms with Crippen LogP contribution in [-0.4, -0.2) is 43.7 Å². The second kappa shape index (κ2) is 11.1. The normalized spacial score (nSPS) is 11.2. The Labute approximate surface area is 201 Å². The number of nitrogens with zero attached hydrogens (tertiary/aromatic N) is 3. The van der Waals surface area contributed by atoms with E-state index in [-0.39, 0.29) is 27.8 Å². The number of benzene rings is 3. The maximum absolute atomic E-state index is 13.3. The minimum Gasteiger partial charge on any atom is -0.504 e. The van der Waals surface area contributed by atoms with Crippen LogP contribution in [0.2, 0.25) is 0 Å². The summed E-state index contributed by atoms with van der Waals surface area (Å²) in [6.07, 6.45) is 1.29. The minimum atomic E-state index is -4.23. The van der Waals surface area contributed by atoms with Crippen LogP contribution in [0, 0.1) is 10.1 Å². The molecule has 3 rings (SSSR count). The summed E-state index contributed by atoms with van der Waals surface area (Å²) < 4.78 is 32.6. The zero-order valence-corrected chi connectivity index (χ0v) is 19.4. The molecular formula is C23H22N4O7S. The molecule has 0 aliphatic carbocycles. The van der Waals surface area contributed by atoms with Gasteiger partial charge in [-0.2, -0.15) is 5.10 Å². The summed E-state index contributed by atoms with van der Waals surface area (Å²) in [5, 5.41) is 24.8. The number of phenolic OH excluding ortho intramolecular Hbond substituents is 1. The average molecular weight is 499 g/mol. The van der Waals surface area contributed by atoms with E-state index in [9.17, 15) is 28.4 Å². The fourth-order valence-corrected chi connectivity index (χ4v) is 4.46. The average Bonchev–Trinajstić information content (AvgIpc) is 2.85. The van der Waals surface area contributed by atoms with Crippen LogP contribution < -0.4 is 14.5 Å². The van der Waals surface area contributed by atoms with Gasteiger partial charge in [-0.15, -0.1) is 0 Å². The van der Waals surface area contributed by atoms with E-state index >= 15 is 0 Å².